The lowest BCUT2D eigenvalue weighted by Gasteiger charge is -2.21. The molecule has 1 aliphatic rings. The van der Waals surface area contributed by atoms with E-state index in [0.717, 1.165) is 5.01 Å². The number of hydrogen-bond donors (Lipinski definition) is 2. The van der Waals surface area contributed by atoms with E-state index in [1.807, 2.05) is 6.92 Å². The van der Waals surface area contributed by atoms with Gasteiger partial charge in [0.2, 0.25) is 5.91 Å². The van der Waals surface area contributed by atoms with E-state index in [0.29, 0.717) is 17.7 Å². The number of carbonyl (C=O) groups excluding carboxylic acids is 3. The van der Waals surface area contributed by atoms with E-state index < -0.39 is 29.3 Å². The number of nitrogens with one attached hydrogen (secondary N) is 2. The summed E-state index contributed by atoms with van der Waals surface area (Å²) in [7, 11) is 0. The van der Waals surface area contributed by atoms with E-state index in [-0.39, 0.29) is 38.1 Å². The maximum Gasteiger partial charge on any atom is 0.333 e. The average molecular weight is 555 g/mol. The number of benzene rings is 1. The third-order valence-electron chi connectivity index (χ3n) is 5.36. The molecule has 0 aliphatic carbocycles. The third-order valence-corrected chi connectivity index (χ3v) is 6.15. The molecule has 36 heavy (non-hydrogen) atoms. The van der Waals surface area contributed by atoms with Gasteiger partial charge in [-0.05, 0) is 25.5 Å². The van der Waals surface area contributed by atoms with Gasteiger partial charge in [-0.3, -0.25) is 14.7 Å². The van der Waals surface area contributed by atoms with Crippen molar-refractivity contribution in [1.29, 1.82) is 0 Å². The van der Waals surface area contributed by atoms with E-state index in [2.05, 4.69) is 27.2 Å². The topological polar surface area (TPSA) is 117 Å². The Morgan fingerprint density at radius 1 is 1.25 bits per heavy atom. The molecule has 0 fully saturated rings. The number of nitrogens with zero attached hydrogens (tertiary/aromatic N) is 3. The van der Waals surface area contributed by atoms with Crippen LogP contribution in [-0.4, -0.2) is 33.8 Å². The van der Waals surface area contributed by atoms with E-state index in [4.69, 9.17) is 39.5 Å². The molecule has 1 aromatic carbocycles. The van der Waals surface area contributed by atoms with Crippen LogP contribution in [0.1, 0.15) is 64.3 Å². The van der Waals surface area contributed by atoms with Gasteiger partial charge in [0.25, 0.3) is 5.91 Å². The van der Waals surface area contributed by atoms with Crippen molar-refractivity contribution in [3.63, 3.8) is 0 Å². The number of ether oxygens (including phenoxy) is 1. The lowest BCUT2D eigenvalue weighted by Crippen LogP contribution is -2.41. The minimum absolute atomic E-state index is 0.0357. The summed E-state index contributed by atoms with van der Waals surface area (Å²) < 4.78 is 5.57. The molecule has 0 spiro atoms. The van der Waals surface area contributed by atoms with E-state index >= 15 is 0 Å². The van der Waals surface area contributed by atoms with Crippen molar-refractivity contribution in [2.24, 2.45) is 10.5 Å². The van der Waals surface area contributed by atoms with Crippen LogP contribution in [0.15, 0.2) is 35.6 Å². The minimum atomic E-state index is -1.12. The molecule has 2 unspecified atom stereocenters. The zero-order chi connectivity index (χ0) is 26.9. The molecule has 2 heterocycles. The van der Waals surface area contributed by atoms with Crippen LogP contribution in [0.5, 0.6) is 0 Å². The molecule has 0 saturated carbocycles. The Labute approximate surface area is 223 Å². The van der Waals surface area contributed by atoms with Crippen LogP contribution in [0, 0.1) is 5.41 Å². The standard InChI is InChI=1S/C24H26Cl3N5O4/c1-7-16(36-22(34)11(2)3)13-10-28-30-18(13)17-20(29-23(35)24(4,5)6)31-32(21(17)33)19-14(26)8-12(25)9-15(19)27/h8-10,16-17H,2,7H2,1,3-6H3,(H,28,30)(H,29,31,35). The van der Waals surface area contributed by atoms with Crippen LogP contribution >= 0.6 is 34.8 Å². The van der Waals surface area contributed by atoms with Crippen LogP contribution in [0.3, 0.4) is 0 Å². The highest BCUT2D eigenvalue weighted by atomic mass is 35.5. The molecule has 192 valence electrons. The second kappa shape index (κ2) is 10.6. The van der Waals surface area contributed by atoms with Gasteiger partial charge in [0, 0.05) is 21.6 Å². The van der Waals surface area contributed by atoms with Crippen LogP contribution in [0.25, 0.3) is 0 Å². The fraction of sp³-hybridized carbons (Fsp3) is 0.375. The van der Waals surface area contributed by atoms with Gasteiger partial charge in [-0.1, -0.05) is 69.1 Å². The number of halogens is 3. The quantitative estimate of drug-likeness (QED) is 0.359. The maximum absolute atomic E-state index is 13.8. The van der Waals surface area contributed by atoms with Gasteiger partial charge < -0.3 is 10.1 Å². The number of H-pyrrole nitrogens is 1. The van der Waals surface area contributed by atoms with Gasteiger partial charge >= 0.3 is 5.97 Å². The summed E-state index contributed by atoms with van der Waals surface area (Å²) in [6.07, 6.45) is 1.13. The molecule has 12 heteroatoms. The number of aromatic nitrogens is 2. The molecule has 3 rings (SSSR count). The van der Waals surface area contributed by atoms with Gasteiger partial charge in [-0.15, -0.1) is 0 Å². The number of aromatic amines is 1. The number of esters is 1. The van der Waals surface area contributed by atoms with Crippen LogP contribution in [-0.2, 0) is 19.1 Å². The fourth-order valence-corrected chi connectivity index (χ4v) is 4.38. The van der Waals surface area contributed by atoms with Crippen LogP contribution in [0.2, 0.25) is 15.1 Å². The fourth-order valence-electron chi connectivity index (χ4n) is 3.40. The highest BCUT2D eigenvalue weighted by molar-refractivity contribution is 6.43. The second-order valence-electron chi connectivity index (χ2n) is 9.31. The number of hydrazone groups is 1. The van der Waals surface area contributed by atoms with Gasteiger partial charge in [0.1, 0.15) is 23.5 Å². The first-order valence-electron chi connectivity index (χ1n) is 11.0. The van der Waals surface area contributed by atoms with Crippen molar-refractivity contribution < 1.29 is 19.1 Å². The predicted octanol–water partition coefficient (Wildman–Crippen LogP) is 5.55. The van der Waals surface area contributed by atoms with Gasteiger partial charge in [-0.2, -0.15) is 15.2 Å². The Morgan fingerprint density at radius 2 is 1.86 bits per heavy atom. The largest absolute Gasteiger partial charge is 0.454 e. The van der Waals surface area contributed by atoms with Gasteiger partial charge in [0.05, 0.1) is 21.9 Å². The summed E-state index contributed by atoms with van der Waals surface area (Å²) in [4.78, 5) is 38.8. The number of hydrogen-bond acceptors (Lipinski definition) is 6. The number of amidine groups is 1. The summed E-state index contributed by atoms with van der Waals surface area (Å²) in [5.74, 6) is -2.58. The highest BCUT2D eigenvalue weighted by Gasteiger charge is 2.44. The summed E-state index contributed by atoms with van der Waals surface area (Å²) in [6.45, 7) is 12.1. The van der Waals surface area contributed by atoms with Crippen molar-refractivity contribution in [2.75, 3.05) is 5.01 Å². The third kappa shape index (κ3) is 5.58. The molecule has 1 aliphatic heterocycles. The molecule has 9 nitrogen and oxygen atoms in total. The monoisotopic (exact) mass is 553 g/mol. The Balaban J connectivity index is 2.11. The SMILES string of the molecule is C=C(C)C(=O)OC(CC)c1cn[nH]c1C1C(=O)N(c2c(Cl)cc(Cl)cc2Cl)N=C1NC(=O)C(C)(C)C. The second-order valence-corrected chi connectivity index (χ2v) is 10.6. The number of rotatable bonds is 6. The molecule has 2 amide bonds. The number of amides is 2. The minimum Gasteiger partial charge on any atom is -0.454 e. The molecule has 2 N–H and O–H groups in total. The van der Waals surface area contributed by atoms with E-state index in [1.54, 1.807) is 20.8 Å². The van der Waals surface area contributed by atoms with Crippen molar-refractivity contribution in [2.45, 2.75) is 53.1 Å². The lowest BCUT2D eigenvalue weighted by molar-refractivity contribution is -0.144. The van der Waals surface area contributed by atoms with E-state index in [9.17, 15) is 14.4 Å². The molecular weight excluding hydrogens is 529 g/mol. The molecule has 0 bridgehead atoms. The summed E-state index contributed by atoms with van der Waals surface area (Å²) in [6, 6.07) is 2.86. The zero-order valence-electron chi connectivity index (χ0n) is 20.4. The first-order chi connectivity index (χ1) is 16.8. The lowest BCUT2D eigenvalue weighted by atomic mass is 9.93. The Bertz CT molecular complexity index is 1240. The highest BCUT2D eigenvalue weighted by Crippen LogP contribution is 2.41. The molecule has 0 saturated heterocycles. The number of anilines is 1. The Morgan fingerprint density at radius 3 is 2.39 bits per heavy atom. The van der Waals surface area contributed by atoms with Gasteiger partial charge in [-0.25, -0.2) is 4.79 Å². The predicted molar refractivity (Wildman–Crippen MR) is 139 cm³/mol. The van der Waals surface area contributed by atoms with Crippen LogP contribution in [0.4, 0.5) is 5.69 Å². The van der Waals surface area contributed by atoms with E-state index in [1.165, 1.54) is 25.3 Å². The Hall–Kier alpha value is -2.88. The van der Waals surface area contributed by atoms with Gasteiger partial charge in [0.15, 0.2) is 0 Å². The van der Waals surface area contributed by atoms with Crippen molar-refractivity contribution in [3.8, 4) is 0 Å². The smallest absolute Gasteiger partial charge is 0.333 e. The number of carbonyl (C=O) groups is 3. The molecule has 2 atom stereocenters. The summed E-state index contributed by atoms with van der Waals surface area (Å²) in [5, 5.41) is 15.5. The zero-order valence-corrected chi connectivity index (χ0v) is 22.7. The maximum atomic E-state index is 13.8. The molecule has 2 aromatic rings. The molecule has 1 aromatic heterocycles. The van der Waals surface area contributed by atoms with Crippen molar-refractivity contribution in [1.82, 2.24) is 15.5 Å². The average Bonchev–Trinajstić information content (AvgIpc) is 3.35. The van der Waals surface area contributed by atoms with Crippen molar-refractivity contribution >= 4 is 64.1 Å². The molecular formula is C24H26Cl3N5O4. The normalized spacial score (nSPS) is 16.6. The Kier molecular flexibility index (Phi) is 8.17. The first-order valence-corrected chi connectivity index (χ1v) is 12.2. The first kappa shape index (κ1) is 27.7. The summed E-state index contributed by atoms with van der Waals surface area (Å²) in [5.41, 5.74) is 0.322. The summed E-state index contributed by atoms with van der Waals surface area (Å²) >= 11 is 18.8. The van der Waals surface area contributed by atoms with Crippen molar-refractivity contribution in [3.05, 3.63) is 56.8 Å². The molecule has 0 radical (unpaired) electrons. The van der Waals surface area contributed by atoms with Crippen LogP contribution < -0.4 is 10.3 Å².